The molecule has 1 aliphatic rings. The molecule has 0 spiro atoms. The Morgan fingerprint density at radius 3 is 2.62 bits per heavy atom. The van der Waals surface area contributed by atoms with Gasteiger partial charge in [0.05, 0.1) is 4.90 Å². The number of amides is 1. The molecule has 1 saturated heterocycles. The second-order valence-electron chi connectivity index (χ2n) is 5.33. The first-order valence-electron chi connectivity index (χ1n) is 6.87. The Kier molecular flexibility index (Phi) is 5.29. The van der Waals surface area contributed by atoms with Gasteiger partial charge in [-0.05, 0) is 61.0 Å². The minimum Gasteiger partial charge on any atom is -0.326 e. The summed E-state index contributed by atoms with van der Waals surface area (Å²) in [5.74, 6) is 2.69. The first kappa shape index (κ1) is 16.3. The van der Waals surface area contributed by atoms with Crippen LogP contribution >= 0.6 is 11.8 Å². The number of carbonyl (C=O) groups excluding carboxylic acids is 1. The van der Waals surface area contributed by atoms with Crippen molar-refractivity contribution in [2.24, 2.45) is 11.1 Å². The van der Waals surface area contributed by atoms with Crippen LogP contribution in [0.15, 0.2) is 23.1 Å². The molecule has 3 N–H and O–H groups in total. The molecule has 1 aliphatic heterocycles. The minimum absolute atomic E-state index is 0.0154. The van der Waals surface area contributed by atoms with Gasteiger partial charge < -0.3 is 5.32 Å². The number of aryl methyl sites for hydroxylation is 1. The number of rotatable bonds is 4. The number of thioether (sulfide) groups is 1. The first-order valence-corrected chi connectivity index (χ1v) is 9.57. The van der Waals surface area contributed by atoms with Crippen LogP contribution in [-0.4, -0.2) is 25.8 Å². The molecule has 0 bridgehead atoms. The van der Waals surface area contributed by atoms with Gasteiger partial charge in [0.2, 0.25) is 15.9 Å². The summed E-state index contributed by atoms with van der Waals surface area (Å²) in [7, 11) is -3.71. The highest BCUT2D eigenvalue weighted by molar-refractivity contribution is 7.99. The number of sulfonamides is 1. The molecule has 21 heavy (non-hydrogen) atoms. The van der Waals surface area contributed by atoms with Gasteiger partial charge in [0.1, 0.15) is 0 Å². The van der Waals surface area contributed by atoms with Crippen molar-refractivity contribution in [3.8, 4) is 0 Å². The summed E-state index contributed by atoms with van der Waals surface area (Å²) in [5, 5.41) is 7.94. The van der Waals surface area contributed by atoms with Crippen LogP contribution < -0.4 is 10.5 Å². The third kappa shape index (κ3) is 4.72. The van der Waals surface area contributed by atoms with E-state index in [4.69, 9.17) is 5.14 Å². The fourth-order valence-electron chi connectivity index (χ4n) is 2.37. The van der Waals surface area contributed by atoms with Crippen molar-refractivity contribution in [1.82, 2.24) is 0 Å². The molecule has 1 aromatic carbocycles. The molecule has 0 unspecified atom stereocenters. The standard InChI is InChI=1S/C14H20N2O3S2/c1-10-8-12(21(15,18)19)2-3-13(10)16-14(17)9-11-4-6-20-7-5-11/h2-3,8,11H,4-7,9H2,1H3,(H,16,17)(H2,15,18,19). The quantitative estimate of drug-likeness (QED) is 0.886. The summed E-state index contributed by atoms with van der Waals surface area (Å²) in [6.45, 7) is 1.75. The highest BCUT2D eigenvalue weighted by Crippen LogP contribution is 2.26. The van der Waals surface area contributed by atoms with Gasteiger partial charge in [0.15, 0.2) is 0 Å². The molecule has 116 valence electrons. The van der Waals surface area contributed by atoms with Gasteiger partial charge in [-0.25, -0.2) is 13.6 Å². The topological polar surface area (TPSA) is 89.3 Å². The van der Waals surface area contributed by atoms with Crippen LogP contribution in [-0.2, 0) is 14.8 Å². The van der Waals surface area contributed by atoms with Gasteiger partial charge >= 0.3 is 0 Å². The number of nitrogens with two attached hydrogens (primary N) is 1. The van der Waals surface area contributed by atoms with E-state index in [1.807, 2.05) is 11.8 Å². The van der Waals surface area contributed by atoms with E-state index < -0.39 is 10.0 Å². The third-order valence-electron chi connectivity index (χ3n) is 3.62. The molecule has 0 aromatic heterocycles. The summed E-state index contributed by atoms with van der Waals surface area (Å²) < 4.78 is 22.5. The largest absolute Gasteiger partial charge is 0.326 e. The van der Waals surface area contributed by atoms with Crippen LogP contribution in [0.2, 0.25) is 0 Å². The maximum atomic E-state index is 12.1. The van der Waals surface area contributed by atoms with Crippen molar-refractivity contribution >= 4 is 33.4 Å². The molecular weight excluding hydrogens is 308 g/mol. The number of nitrogens with one attached hydrogen (secondary N) is 1. The number of carbonyl (C=O) groups is 1. The van der Waals surface area contributed by atoms with Gasteiger partial charge in [-0.1, -0.05) is 0 Å². The van der Waals surface area contributed by atoms with Crippen LogP contribution in [0.4, 0.5) is 5.69 Å². The van der Waals surface area contributed by atoms with Crippen molar-refractivity contribution in [3.05, 3.63) is 23.8 Å². The Morgan fingerprint density at radius 2 is 2.05 bits per heavy atom. The van der Waals surface area contributed by atoms with Gasteiger partial charge in [0, 0.05) is 12.1 Å². The number of hydrogen-bond donors (Lipinski definition) is 2. The molecular formula is C14H20N2O3S2. The van der Waals surface area contributed by atoms with E-state index >= 15 is 0 Å². The molecule has 1 heterocycles. The predicted molar refractivity (Wildman–Crippen MR) is 85.8 cm³/mol. The zero-order chi connectivity index (χ0) is 15.5. The lowest BCUT2D eigenvalue weighted by molar-refractivity contribution is -0.117. The van der Waals surface area contributed by atoms with E-state index in [-0.39, 0.29) is 10.8 Å². The number of hydrogen-bond acceptors (Lipinski definition) is 4. The molecule has 0 aliphatic carbocycles. The average Bonchev–Trinajstić information content (AvgIpc) is 2.41. The van der Waals surface area contributed by atoms with Crippen molar-refractivity contribution in [2.75, 3.05) is 16.8 Å². The zero-order valence-electron chi connectivity index (χ0n) is 12.0. The lowest BCUT2D eigenvalue weighted by Crippen LogP contribution is -2.20. The smallest absolute Gasteiger partial charge is 0.238 e. The van der Waals surface area contributed by atoms with Crippen molar-refractivity contribution in [3.63, 3.8) is 0 Å². The predicted octanol–water partition coefficient (Wildman–Crippen LogP) is 2.11. The Balaban J connectivity index is 2.00. The van der Waals surface area contributed by atoms with Crippen molar-refractivity contribution < 1.29 is 13.2 Å². The van der Waals surface area contributed by atoms with Crippen LogP contribution in [0.3, 0.4) is 0 Å². The Morgan fingerprint density at radius 1 is 1.38 bits per heavy atom. The van der Waals surface area contributed by atoms with E-state index in [0.29, 0.717) is 23.6 Å². The van der Waals surface area contributed by atoms with Gasteiger partial charge in [-0.3, -0.25) is 4.79 Å². The van der Waals surface area contributed by atoms with Crippen LogP contribution in [0.1, 0.15) is 24.8 Å². The summed E-state index contributed by atoms with van der Waals surface area (Å²) in [6, 6.07) is 4.47. The molecule has 1 fully saturated rings. The second-order valence-corrected chi connectivity index (χ2v) is 8.12. The molecule has 1 aromatic rings. The lowest BCUT2D eigenvalue weighted by Gasteiger charge is -2.20. The Bertz CT molecular complexity index is 623. The molecule has 0 radical (unpaired) electrons. The number of anilines is 1. The van der Waals surface area contributed by atoms with Crippen LogP contribution in [0.25, 0.3) is 0 Å². The third-order valence-corrected chi connectivity index (χ3v) is 5.58. The monoisotopic (exact) mass is 328 g/mol. The van der Waals surface area contributed by atoms with Gasteiger partial charge in [-0.15, -0.1) is 0 Å². The summed E-state index contributed by atoms with van der Waals surface area (Å²) in [4.78, 5) is 12.1. The first-order chi connectivity index (χ1) is 9.86. The van der Waals surface area contributed by atoms with E-state index in [9.17, 15) is 13.2 Å². The highest BCUT2D eigenvalue weighted by Gasteiger charge is 2.18. The van der Waals surface area contributed by atoms with Gasteiger partial charge in [-0.2, -0.15) is 11.8 Å². The normalized spacial score (nSPS) is 16.7. The van der Waals surface area contributed by atoms with E-state index in [2.05, 4.69) is 5.32 Å². The molecule has 2 rings (SSSR count). The summed E-state index contributed by atoms with van der Waals surface area (Å²) in [6.07, 6.45) is 2.69. The summed E-state index contributed by atoms with van der Waals surface area (Å²) in [5.41, 5.74) is 1.33. The van der Waals surface area contributed by atoms with Crippen molar-refractivity contribution in [1.29, 1.82) is 0 Å². The second kappa shape index (κ2) is 6.81. The zero-order valence-corrected chi connectivity index (χ0v) is 13.6. The van der Waals surface area contributed by atoms with Gasteiger partial charge in [0.25, 0.3) is 0 Å². The highest BCUT2D eigenvalue weighted by atomic mass is 32.2. The van der Waals surface area contributed by atoms with E-state index in [1.165, 1.54) is 12.1 Å². The van der Waals surface area contributed by atoms with Crippen LogP contribution in [0.5, 0.6) is 0 Å². The number of benzene rings is 1. The average molecular weight is 328 g/mol. The molecule has 1 amide bonds. The fourth-order valence-corrected chi connectivity index (χ4v) is 4.17. The fraction of sp³-hybridized carbons (Fsp3) is 0.500. The van der Waals surface area contributed by atoms with Crippen molar-refractivity contribution in [2.45, 2.75) is 31.1 Å². The SMILES string of the molecule is Cc1cc(S(N)(=O)=O)ccc1NC(=O)CC1CCSCC1. The Hall–Kier alpha value is -1.05. The lowest BCUT2D eigenvalue weighted by atomic mass is 9.98. The summed E-state index contributed by atoms with van der Waals surface area (Å²) >= 11 is 1.94. The Labute approximate surface area is 129 Å². The van der Waals surface area contributed by atoms with E-state index in [0.717, 1.165) is 24.3 Å². The molecule has 0 atom stereocenters. The molecule has 5 nitrogen and oxygen atoms in total. The minimum atomic E-state index is -3.71. The maximum Gasteiger partial charge on any atom is 0.238 e. The van der Waals surface area contributed by atoms with Crippen LogP contribution in [0, 0.1) is 12.8 Å². The molecule has 0 saturated carbocycles. The number of primary sulfonamides is 1. The molecule has 7 heteroatoms. The van der Waals surface area contributed by atoms with E-state index in [1.54, 1.807) is 13.0 Å². The maximum absolute atomic E-state index is 12.1.